The lowest BCUT2D eigenvalue weighted by molar-refractivity contribution is -0.00880. The Labute approximate surface area is 98.1 Å². The van der Waals surface area contributed by atoms with Crippen molar-refractivity contribution in [1.29, 1.82) is 0 Å². The van der Waals surface area contributed by atoms with Crippen molar-refractivity contribution < 1.29 is 9.53 Å². The van der Waals surface area contributed by atoms with Gasteiger partial charge in [0.25, 0.3) is 0 Å². The van der Waals surface area contributed by atoms with Crippen LogP contribution in [0.4, 0.5) is 4.79 Å². The highest BCUT2D eigenvalue weighted by Gasteiger charge is 2.38. The number of hydrogen-bond acceptors (Lipinski definition) is 3. The molecular formula is C12H24N2O2. The largest absolute Gasteiger partial charge is 0.444 e. The molecule has 94 valence electrons. The summed E-state index contributed by atoms with van der Waals surface area (Å²) in [5, 5.41) is 0. The summed E-state index contributed by atoms with van der Waals surface area (Å²) in [7, 11) is 0. The first-order valence-electron chi connectivity index (χ1n) is 5.88. The van der Waals surface area contributed by atoms with E-state index in [2.05, 4.69) is 0 Å². The Bertz CT molecular complexity index is 269. The lowest BCUT2D eigenvalue weighted by Gasteiger charge is -2.44. The number of carbonyl (C=O) groups is 1. The maximum absolute atomic E-state index is 12.0. The van der Waals surface area contributed by atoms with Gasteiger partial charge >= 0.3 is 6.09 Å². The zero-order valence-electron chi connectivity index (χ0n) is 11.0. The SMILES string of the molecule is CC(C)(C)OC(=O)N1CC[C@H](N)CC1(C)C. The van der Waals surface area contributed by atoms with E-state index >= 15 is 0 Å². The Balaban J connectivity index is 2.69. The van der Waals surface area contributed by atoms with Crippen molar-refractivity contribution in [1.82, 2.24) is 4.90 Å². The van der Waals surface area contributed by atoms with E-state index in [0.717, 1.165) is 12.8 Å². The Kier molecular flexibility index (Phi) is 3.53. The highest BCUT2D eigenvalue weighted by Crippen LogP contribution is 2.28. The third-order valence-electron chi connectivity index (χ3n) is 2.83. The van der Waals surface area contributed by atoms with E-state index in [-0.39, 0.29) is 17.7 Å². The van der Waals surface area contributed by atoms with Crippen LogP contribution in [-0.4, -0.2) is 34.7 Å². The van der Waals surface area contributed by atoms with Crippen molar-refractivity contribution in [3.05, 3.63) is 0 Å². The molecule has 0 spiro atoms. The lowest BCUT2D eigenvalue weighted by Crippen LogP contribution is -2.56. The van der Waals surface area contributed by atoms with Gasteiger partial charge in [-0.05, 0) is 47.5 Å². The van der Waals surface area contributed by atoms with Crippen LogP contribution in [0.5, 0.6) is 0 Å². The molecule has 1 heterocycles. The van der Waals surface area contributed by atoms with Gasteiger partial charge in [-0.3, -0.25) is 0 Å². The van der Waals surface area contributed by atoms with Crippen molar-refractivity contribution in [3.8, 4) is 0 Å². The topological polar surface area (TPSA) is 55.6 Å². The molecule has 1 rings (SSSR count). The van der Waals surface area contributed by atoms with Crippen LogP contribution in [0, 0.1) is 0 Å². The van der Waals surface area contributed by atoms with Crippen molar-refractivity contribution in [2.75, 3.05) is 6.54 Å². The quantitative estimate of drug-likeness (QED) is 0.691. The first-order chi connectivity index (χ1) is 7.12. The molecule has 1 aliphatic rings. The number of ether oxygens (including phenoxy) is 1. The summed E-state index contributed by atoms with van der Waals surface area (Å²) in [6, 6.07) is 0.189. The Morgan fingerprint density at radius 1 is 1.44 bits per heavy atom. The minimum atomic E-state index is -0.438. The van der Waals surface area contributed by atoms with E-state index in [1.807, 2.05) is 34.6 Å². The summed E-state index contributed by atoms with van der Waals surface area (Å²) >= 11 is 0. The fourth-order valence-corrected chi connectivity index (χ4v) is 2.11. The standard InChI is InChI=1S/C12H24N2O2/c1-11(2,3)16-10(15)14-7-6-9(13)8-12(14,4)5/h9H,6-8,13H2,1-5H3/t9-/m0/s1. The average Bonchev–Trinajstić information content (AvgIpc) is 1.97. The highest BCUT2D eigenvalue weighted by atomic mass is 16.6. The number of carbonyl (C=O) groups excluding carboxylic acids is 1. The predicted molar refractivity (Wildman–Crippen MR) is 64.2 cm³/mol. The second-order valence-corrected chi connectivity index (χ2v) is 6.20. The summed E-state index contributed by atoms with van der Waals surface area (Å²) < 4.78 is 5.39. The first kappa shape index (κ1) is 13.3. The molecule has 16 heavy (non-hydrogen) atoms. The van der Waals surface area contributed by atoms with Crippen LogP contribution in [0.1, 0.15) is 47.5 Å². The van der Waals surface area contributed by atoms with Gasteiger partial charge in [-0.2, -0.15) is 0 Å². The van der Waals surface area contributed by atoms with E-state index in [4.69, 9.17) is 10.5 Å². The van der Waals surface area contributed by atoms with Gasteiger partial charge in [0.1, 0.15) is 5.60 Å². The van der Waals surface area contributed by atoms with Gasteiger partial charge in [0.15, 0.2) is 0 Å². The maximum atomic E-state index is 12.0. The molecule has 2 N–H and O–H groups in total. The van der Waals surface area contributed by atoms with Crippen molar-refractivity contribution in [3.63, 3.8) is 0 Å². The van der Waals surface area contributed by atoms with E-state index in [1.165, 1.54) is 0 Å². The van der Waals surface area contributed by atoms with Gasteiger partial charge in [-0.15, -0.1) is 0 Å². The molecule has 0 radical (unpaired) electrons. The molecule has 0 aromatic carbocycles. The van der Waals surface area contributed by atoms with Gasteiger partial charge in [-0.25, -0.2) is 4.79 Å². The number of nitrogens with zero attached hydrogens (tertiary/aromatic N) is 1. The van der Waals surface area contributed by atoms with Gasteiger partial charge < -0.3 is 15.4 Å². The number of piperidine rings is 1. The Hall–Kier alpha value is -0.770. The monoisotopic (exact) mass is 228 g/mol. The summed E-state index contributed by atoms with van der Waals surface area (Å²) in [6.45, 7) is 10.4. The zero-order chi connectivity index (χ0) is 12.6. The molecule has 1 saturated heterocycles. The first-order valence-corrected chi connectivity index (χ1v) is 5.88. The second kappa shape index (κ2) is 4.24. The molecule has 4 nitrogen and oxygen atoms in total. The van der Waals surface area contributed by atoms with Gasteiger partial charge in [0.2, 0.25) is 0 Å². The minimum absolute atomic E-state index is 0.189. The van der Waals surface area contributed by atoms with Crippen LogP contribution in [0.3, 0.4) is 0 Å². The molecule has 0 aliphatic carbocycles. The summed E-state index contributed by atoms with van der Waals surface area (Å²) in [5.41, 5.74) is 5.28. The molecule has 1 amide bonds. The molecule has 0 aromatic heterocycles. The third-order valence-corrected chi connectivity index (χ3v) is 2.83. The molecule has 0 bridgehead atoms. The van der Waals surface area contributed by atoms with E-state index in [0.29, 0.717) is 6.54 Å². The van der Waals surface area contributed by atoms with E-state index in [9.17, 15) is 4.79 Å². The highest BCUT2D eigenvalue weighted by molar-refractivity contribution is 5.69. The fraction of sp³-hybridized carbons (Fsp3) is 0.917. The van der Waals surface area contributed by atoms with Gasteiger partial charge in [-0.1, -0.05) is 0 Å². The van der Waals surface area contributed by atoms with Crippen LogP contribution >= 0.6 is 0 Å². The summed E-state index contributed by atoms with van der Waals surface area (Å²) in [6.07, 6.45) is 1.44. The zero-order valence-corrected chi connectivity index (χ0v) is 11.0. The minimum Gasteiger partial charge on any atom is -0.444 e. The number of rotatable bonds is 0. The smallest absolute Gasteiger partial charge is 0.410 e. The van der Waals surface area contributed by atoms with Crippen LogP contribution in [-0.2, 0) is 4.74 Å². The number of nitrogens with two attached hydrogens (primary N) is 1. The van der Waals surface area contributed by atoms with Crippen LogP contribution < -0.4 is 5.73 Å². The summed E-state index contributed by atoms with van der Waals surface area (Å²) in [5.74, 6) is 0. The molecule has 0 unspecified atom stereocenters. The Morgan fingerprint density at radius 2 is 2.00 bits per heavy atom. The molecular weight excluding hydrogens is 204 g/mol. The van der Waals surface area contributed by atoms with Gasteiger partial charge in [0.05, 0.1) is 0 Å². The molecule has 4 heteroatoms. The maximum Gasteiger partial charge on any atom is 0.410 e. The lowest BCUT2D eigenvalue weighted by atomic mass is 9.88. The predicted octanol–water partition coefficient (Wildman–Crippen LogP) is 2.12. The fourth-order valence-electron chi connectivity index (χ4n) is 2.11. The summed E-state index contributed by atoms with van der Waals surface area (Å²) in [4.78, 5) is 13.8. The molecule has 1 atom stereocenters. The van der Waals surface area contributed by atoms with Crippen molar-refractivity contribution in [2.24, 2.45) is 5.73 Å². The number of hydrogen-bond donors (Lipinski definition) is 1. The van der Waals surface area contributed by atoms with Crippen molar-refractivity contribution >= 4 is 6.09 Å². The normalized spacial score (nSPS) is 25.4. The van der Waals surface area contributed by atoms with Gasteiger partial charge in [0, 0.05) is 18.1 Å². The van der Waals surface area contributed by atoms with Crippen LogP contribution in [0.25, 0.3) is 0 Å². The average molecular weight is 228 g/mol. The number of amides is 1. The van der Waals surface area contributed by atoms with Crippen LogP contribution in [0.15, 0.2) is 0 Å². The van der Waals surface area contributed by atoms with Crippen LogP contribution in [0.2, 0.25) is 0 Å². The van der Waals surface area contributed by atoms with Crippen molar-refractivity contribution in [2.45, 2.75) is 64.6 Å². The molecule has 1 fully saturated rings. The third kappa shape index (κ3) is 3.37. The molecule has 1 aliphatic heterocycles. The Morgan fingerprint density at radius 3 is 2.44 bits per heavy atom. The molecule has 0 aromatic rings. The number of likely N-dealkylation sites (tertiary alicyclic amines) is 1. The van der Waals surface area contributed by atoms with E-state index < -0.39 is 5.60 Å². The van der Waals surface area contributed by atoms with E-state index in [1.54, 1.807) is 4.90 Å². The molecule has 0 saturated carbocycles. The second-order valence-electron chi connectivity index (χ2n) is 6.20.